The number of aryl methyl sites for hydroxylation is 1. The second-order valence-corrected chi connectivity index (χ2v) is 11.3. The van der Waals surface area contributed by atoms with E-state index in [0.717, 1.165) is 54.5 Å². The van der Waals surface area contributed by atoms with Gasteiger partial charge in [0.1, 0.15) is 22.8 Å². The molecular formula is C37H29F5N2OS. The molecule has 9 heteroatoms. The second-order valence-electron chi connectivity index (χ2n) is 11.1. The van der Waals surface area contributed by atoms with Crippen LogP contribution >= 0.6 is 12.2 Å². The van der Waals surface area contributed by atoms with E-state index in [9.17, 15) is 13.2 Å². The van der Waals surface area contributed by atoms with Crippen molar-refractivity contribution < 1.29 is 26.7 Å². The van der Waals surface area contributed by atoms with Crippen molar-refractivity contribution >= 4 is 35.0 Å². The van der Waals surface area contributed by atoms with Crippen LogP contribution in [0.3, 0.4) is 0 Å². The van der Waals surface area contributed by atoms with Crippen molar-refractivity contribution in [3.8, 4) is 17.6 Å². The minimum atomic E-state index is -3.85. The molecule has 1 unspecified atom stereocenters. The monoisotopic (exact) mass is 644 g/mol. The van der Waals surface area contributed by atoms with Crippen molar-refractivity contribution in [2.45, 2.75) is 51.6 Å². The van der Waals surface area contributed by atoms with Crippen LogP contribution in [0.4, 0.5) is 33.3 Å². The summed E-state index contributed by atoms with van der Waals surface area (Å²) in [7, 11) is 0. The van der Waals surface area contributed by atoms with Crippen LogP contribution in [0.25, 0.3) is 0 Å². The number of fused-ring (bicyclic) bond motifs is 1. The minimum absolute atomic E-state index is 0.121. The van der Waals surface area contributed by atoms with Gasteiger partial charge < -0.3 is 4.74 Å². The molecule has 1 atom stereocenters. The minimum Gasteiger partial charge on any atom is -0.429 e. The Morgan fingerprint density at radius 3 is 2.26 bits per heavy atom. The number of isothiocyanates is 1. The molecule has 0 amide bonds. The zero-order valence-corrected chi connectivity index (χ0v) is 25.7. The first-order valence-corrected chi connectivity index (χ1v) is 15.3. The summed E-state index contributed by atoms with van der Waals surface area (Å²) in [6.45, 7) is 2.13. The molecule has 0 saturated carbocycles. The van der Waals surface area contributed by atoms with E-state index in [4.69, 9.17) is 4.74 Å². The summed E-state index contributed by atoms with van der Waals surface area (Å²) in [5, 5.41) is 1.94. The van der Waals surface area contributed by atoms with Crippen LogP contribution in [-0.2, 0) is 19.0 Å². The van der Waals surface area contributed by atoms with E-state index in [-0.39, 0.29) is 11.3 Å². The smallest absolute Gasteiger partial charge is 0.429 e. The number of ether oxygens (including phenoxy) is 1. The molecule has 4 aromatic carbocycles. The summed E-state index contributed by atoms with van der Waals surface area (Å²) in [5.74, 6) is 3.14. The van der Waals surface area contributed by atoms with E-state index in [1.807, 2.05) is 5.16 Å². The highest BCUT2D eigenvalue weighted by atomic mass is 32.1. The fourth-order valence-electron chi connectivity index (χ4n) is 5.36. The Morgan fingerprint density at radius 1 is 0.891 bits per heavy atom. The first-order valence-electron chi connectivity index (χ1n) is 14.9. The van der Waals surface area contributed by atoms with Gasteiger partial charge in [0.15, 0.2) is 11.6 Å². The topological polar surface area (TPSA) is 34.0 Å². The van der Waals surface area contributed by atoms with E-state index >= 15 is 8.78 Å². The number of hydrogen-bond donors (Lipinski definition) is 0. The largest absolute Gasteiger partial charge is 0.429 e. The molecule has 0 aliphatic heterocycles. The van der Waals surface area contributed by atoms with E-state index in [1.54, 1.807) is 30.5 Å². The lowest BCUT2D eigenvalue weighted by Gasteiger charge is -2.27. The van der Waals surface area contributed by atoms with Crippen LogP contribution in [0, 0.1) is 35.2 Å². The number of aliphatic imine (C=N–C) groups is 2. The third-order valence-corrected chi connectivity index (χ3v) is 7.87. The third kappa shape index (κ3) is 8.14. The number of alkyl halides is 2. The Hall–Kier alpha value is -4.64. The number of benzene rings is 4. The molecule has 4 aromatic rings. The Balaban J connectivity index is 1.20. The number of rotatable bonds is 9. The van der Waals surface area contributed by atoms with Gasteiger partial charge in [-0.1, -0.05) is 50.2 Å². The molecule has 234 valence electrons. The van der Waals surface area contributed by atoms with Crippen LogP contribution < -0.4 is 4.74 Å². The SMILES string of the molecule is CCCCC1CCc2cc(C(F)(F)Oc3ccc(N=Cc4ccc(C#Cc5cc(F)c(N=C=S)c(F)c5)cc4)cc3)c(F)cc2C1. The highest BCUT2D eigenvalue weighted by Crippen LogP contribution is 2.38. The van der Waals surface area contributed by atoms with Crippen molar-refractivity contribution in [1.29, 1.82) is 0 Å². The number of unbranched alkanes of at least 4 members (excludes halogenated alkanes) is 1. The predicted octanol–water partition coefficient (Wildman–Crippen LogP) is 10.4. The van der Waals surface area contributed by atoms with Crippen LogP contribution in [-0.4, -0.2) is 11.4 Å². The van der Waals surface area contributed by atoms with Gasteiger partial charge in [0.05, 0.1) is 10.8 Å². The lowest BCUT2D eigenvalue weighted by Crippen LogP contribution is -2.25. The van der Waals surface area contributed by atoms with Gasteiger partial charge in [-0.05, 0) is 115 Å². The quantitative estimate of drug-likeness (QED) is 0.0787. The molecule has 5 rings (SSSR count). The molecule has 0 spiro atoms. The third-order valence-electron chi connectivity index (χ3n) is 7.78. The molecule has 1 aliphatic rings. The number of hydrogen-bond acceptors (Lipinski definition) is 4. The second kappa shape index (κ2) is 14.6. The number of nitrogens with zero attached hydrogens (tertiary/aromatic N) is 2. The Kier molecular flexibility index (Phi) is 10.4. The summed E-state index contributed by atoms with van der Waals surface area (Å²) in [6.07, 6.45) is 3.28. The molecule has 0 fully saturated rings. The summed E-state index contributed by atoms with van der Waals surface area (Å²) in [4.78, 5) is 7.73. The Morgan fingerprint density at radius 2 is 1.59 bits per heavy atom. The Labute approximate surface area is 269 Å². The van der Waals surface area contributed by atoms with Crippen molar-refractivity contribution in [2.24, 2.45) is 15.9 Å². The van der Waals surface area contributed by atoms with E-state index in [1.165, 1.54) is 36.4 Å². The van der Waals surface area contributed by atoms with Gasteiger partial charge in [-0.3, -0.25) is 4.99 Å². The van der Waals surface area contributed by atoms with Gasteiger partial charge in [-0.2, -0.15) is 13.8 Å². The fourth-order valence-corrected chi connectivity index (χ4v) is 5.45. The highest BCUT2D eigenvalue weighted by Gasteiger charge is 2.39. The van der Waals surface area contributed by atoms with Crippen LogP contribution in [0.1, 0.15) is 66.0 Å². The van der Waals surface area contributed by atoms with Crippen molar-refractivity contribution in [2.75, 3.05) is 0 Å². The Bertz CT molecular complexity index is 1830. The fraction of sp³-hybridized carbons (Fsp3) is 0.243. The molecule has 3 nitrogen and oxygen atoms in total. The van der Waals surface area contributed by atoms with Crippen LogP contribution in [0.2, 0.25) is 0 Å². The molecule has 1 aliphatic carbocycles. The number of thiocarbonyl (C=S) groups is 1. The molecule has 0 heterocycles. The summed E-state index contributed by atoms with van der Waals surface area (Å²) >= 11 is 4.40. The molecule has 0 aromatic heterocycles. The maximum absolute atomic E-state index is 15.1. The predicted molar refractivity (Wildman–Crippen MR) is 173 cm³/mol. The van der Waals surface area contributed by atoms with Crippen molar-refractivity contribution in [3.05, 3.63) is 124 Å². The average molecular weight is 645 g/mol. The average Bonchev–Trinajstić information content (AvgIpc) is 3.04. The van der Waals surface area contributed by atoms with Crippen LogP contribution in [0.5, 0.6) is 5.75 Å². The zero-order valence-electron chi connectivity index (χ0n) is 24.9. The summed E-state index contributed by atoms with van der Waals surface area (Å²) < 4.78 is 78.1. The maximum Gasteiger partial charge on any atom is 0.429 e. The molecule has 46 heavy (non-hydrogen) atoms. The van der Waals surface area contributed by atoms with Gasteiger partial charge in [0, 0.05) is 17.3 Å². The lowest BCUT2D eigenvalue weighted by molar-refractivity contribution is -0.187. The molecule has 0 bridgehead atoms. The molecule has 0 N–H and O–H groups in total. The van der Waals surface area contributed by atoms with E-state index in [2.05, 4.69) is 41.0 Å². The van der Waals surface area contributed by atoms with Gasteiger partial charge in [0.25, 0.3) is 0 Å². The summed E-state index contributed by atoms with van der Waals surface area (Å²) in [5.41, 5.74) is 2.25. The normalized spacial score (nSPS) is 14.3. The molecule has 0 saturated heterocycles. The molecule has 0 radical (unpaired) electrons. The van der Waals surface area contributed by atoms with E-state index < -0.39 is 34.8 Å². The van der Waals surface area contributed by atoms with Crippen LogP contribution in [0.15, 0.2) is 82.8 Å². The highest BCUT2D eigenvalue weighted by molar-refractivity contribution is 7.78. The van der Waals surface area contributed by atoms with Gasteiger partial charge >= 0.3 is 6.11 Å². The van der Waals surface area contributed by atoms with Crippen molar-refractivity contribution in [3.63, 3.8) is 0 Å². The maximum atomic E-state index is 15.1. The number of halogens is 5. The van der Waals surface area contributed by atoms with Gasteiger partial charge in [-0.15, -0.1) is 0 Å². The zero-order chi connectivity index (χ0) is 32.7. The standard InChI is InChI=1S/C37H29F5N2OS/c1-2-3-4-25-11-12-28-20-32(33(38)21-29(28)17-25)37(41,42)45-31-15-13-30(14-16-31)43-22-26-8-5-24(6-9-26)7-10-27-18-34(39)36(44-23-46)35(40)19-27/h5-6,8-9,13-16,18-22,25H,2-4,11-12,17H2,1H3. The van der Waals surface area contributed by atoms with Gasteiger partial charge in [-0.25, -0.2) is 13.2 Å². The van der Waals surface area contributed by atoms with E-state index in [0.29, 0.717) is 30.0 Å². The lowest BCUT2D eigenvalue weighted by atomic mass is 9.80. The molecular weight excluding hydrogens is 615 g/mol. The summed E-state index contributed by atoms with van der Waals surface area (Å²) in [6, 6.07) is 17.3. The van der Waals surface area contributed by atoms with Crippen molar-refractivity contribution in [1.82, 2.24) is 0 Å². The first-order chi connectivity index (χ1) is 22.1. The first kappa shape index (κ1) is 32.7. The van der Waals surface area contributed by atoms with Gasteiger partial charge in [0.2, 0.25) is 0 Å².